The van der Waals surface area contributed by atoms with Crippen LogP contribution in [0, 0.1) is 5.92 Å². The van der Waals surface area contributed by atoms with E-state index in [-0.39, 0.29) is 17.4 Å². The molecule has 2 aliphatic heterocycles. The molecule has 1 aromatic carbocycles. The van der Waals surface area contributed by atoms with Gasteiger partial charge < -0.3 is 14.2 Å². The van der Waals surface area contributed by atoms with Crippen LogP contribution < -0.4 is 5.56 Å². The SMILES string of the molecule is COCc1ccc(C(=O)N2C[C@@H]3C[C@H](C2)c2cc(-c4ccccn4)cc(=O)n2C3)cc1. The predicted molar refractivity (Wildman–Crippen MR) is 118 cm³/mol. The summed E-state index contributed by atoms with van der Waals surface area (Å²) in [5.74, 6) is 0.497. The Labute approximate surface area is 181 Å². The number of aromatic nitrogens is 2. The molecule has 3 aromatic rings. The lowest BCUT2D eigenvalue weighted by atomic mass is 9.82. The number of nitrogens with zero attached hydrogens (tertiary/aromatic N) is 3. The molecule has 6 heteroatoms. The minimum absolute atomic E-state index is 0.0151. The molecule has 0 spiro atoms. The van der Waals surface area contributed by atoms with Crippen LogP contribution in [0.3, 0.4) is 0 Å². The van der Waals surface area contributed by atoms with Gasteiger partial charge in [0.1, 0.15) is 0 Å². The first-order chi connectivity index (χ1) is 15.1. The molecule has 0 aliphatic carbocycles. The van der Waals surface area contributed by atoms with E-state index in [1.807, 2.05) is 51.9 Å². The summed E-state index contributed by atoms with van der Waals surface area (Å²) >= 11 is 0. The number of hydrogen-bond acceptors (Lipinski definition) is 4. The van der Waals surface area contributed by atoms with Crippen molar-refractivity contribution in [2.75, 3.05) is 20.2 Å². The second-order valence-electron chi connectivity index (χ2n) is 8.47. The standard InChI is InChI=1S/C25H25N3O3/c1-31-16-17-5-7-19(8-6-17)25(30)27-13-18-10-21(15-27)23-11-20(12-24(29)28(23)14-18)22-4-2-3-9-26-22/h2-9,11-12,18,21H,10,13-16H2,1H3/t18-,21+/m0/s1. The number of methoxy groups -OCH3 is 1. The van der Waals surface area contributed by atoms with Crippen molar-refractivity contribution in [2.45, 2.75) is 25.5 Å². The maximum Gasteiger partial charge on any atom is 0.253 e. The first-order valence-electron chi connectivity index (χ1n) is 10.7. The molecule has 4 heterocycles. The van der Waals surface area contributed by atoms with Crippen molar-refractivity contribution in [1.29, 1.82) is 0 Å². The van der Waals surface area contributed by atoms with E-state index in [0.717, 1.165) is 28.9 Å². The van der Waals surface area contributed by atoms with Gasteiger partial charge >= 0.3 is 0 Å². The highest BCUT2D eigenvalue weighted by Gasteiger charge is 2.36. The molecular weight excluding hydrogens is 390 g/mol. The monoisotopic (exact) mass is 415 g/mol. The van der Waals surface area contributed by atoms with Gasteiger partial charge in [-0.05, 0) is 48.2 Å². The summed E-state index contributed by atoms with van der Waals surface area (Å²) in [4.78, 5) is 32.4. The number of piperidine rings is 1. The van der Waals surface area contributed by atoms with Crippen LogP contribution in [0.2, 0.25) is 0 Å². The average molecular weight is 415 g/mol. The number of pyridine rings is 2. The molecule has 0 saturated carbocycles. The van der Waals surface area contributed by atoms with Gasteiger partial charge in [-0.25, -0.2) is 0 Å². The number of ether oxygens (including phenoxy) is 1. The molecule has 1 fully saturated rings. The van der Waals surface area contributed by atoms with E-state index in [4.69, 9.17) is 4.74 Å². The van der Waals surface area contributed by atoms with Gasteiger partial charge in [-0.1, -0.05) is 18.2 Å². The van der Waals surface area contributed by atoms with Crippen LogP contribution in [0.1, 0.15) is 34.0 Å². The first kappa shape index (κ1) is 19.7. The Kier molecular flexibility index (Phi) is 5.16. The normalized spacial score (nSPS) is 19.7. The highest BCUT2D eigenvalue weighted by molar-refractivity contribution is 5.94. The van der Waals surface area contributed by atoms with Crippen LogP contribution in [0.4, 0.5) is 0 Å². The summed E-state index contributed by atoms with van der Waals surface area (Å²) in [5.41, 5.74) is 4.40. The number of likely N-dealkylation sites (tertiary alicyclic amines) is 1. The van der Waals surface area contributed by atoms with Crippen LogP contribution in [0.5, 0.6) is 0 Å². The molecule has 5 rings (SSSR count). The fourth-order valence-electron chi connectivity index (χ4n) is 4.90. The molecule has 2 bridgehead atoms. The Hall–Kier alpha value is -3.25. The molecule has 2 aromatic heterocycles. The quantitative estimate of drug-likeness (QED) is 0.656. The molecule has 0 unspecified atom stereocenters. The average Bonchev–Trinajstić information content (AvgIpc) is 2.80. The van der Waals surface area contributed by atoms with Crippen LogP contribution in [-0.2, 0) is 17.9 Å². The van der Waals surface area contributed by atoms with Gasteiger partial charge in [-0.2, -0.15) is 0 Å². The highest BCUT2D eigenvalue weighted by atomic mass is 16.5. The molecule has 31 heavy (non-hydrogen) atoms. The van der Waals surface area contributed by atoms with Gasteiger partial charge in [-0.15, -0.1) is 0 Å². The van der Waals surface area contributed by atoms with Crippen molar-refractivity contribution in [3.05, 3.63) is 88.0 Å². The van der Waals surface area contributed by atoms with Crippen molar-refractivity contribution in [3.8, 4) is 11.3 Å². The summed E-state index contributed by atoms with van der Waals surface area (Å²) in [6, 6.07) is 17.1. The maximum absolute atomic E-state index is 13.2. The van der Waals surface area contributed by atoms with Gasteiger partial charge in [0, 0.05) is 61.7 Å². The highest BCUT2D eigenvalue weighted by Crippen LogP contribution is 2.36. The zero-order valence-electron chi connectivity index (χ0n) is 17.5. The van der Waals surface area contributed by atoms with E-state index >= 15 is 0 Å². The number of carbonyl (C=O) groups is 1. The van der Waals surface area contributed by atoms with Crippen LogP contribution in [0.15, 0.2) is 65.6 Å². The predicted octanol–water partition coefficient (Wildman–Crippen LogP) is 3.32. The summed E-state index contributed by atoms with van der Waals surface area (Å²) in [6.45, 7) is 2.50. The Morgan fingerprint density at radius 2 is 1.94 bits per heavy atom. The zero-order chi connectivity index (χ0) is 21.4. The van der Waals surface area contributed by atoms with Gasteiger partial charge in [0.15, 0.2) is 0 Å². The molecule has 1 saturated heterocycles. The third-order valence-electron chi connectivity index (χ3n) is 6.32. The summed E-state index contributed by atoms with van der Waals surface area (Å²) in [5, 5.41) is 0. The van der Waals surface area contributed by atoms with Crippen molar-refractivity contribution in [3.63, 3.8) is 0 Å². The van der Waals surface area contributed by atoms with E-state index in [0.29, 0.717) is 37.7 Å². The Morgan fingerprint density at radius 3 is 2.68 bits per heavy atom. The summed E-state index contributed by atoms with van der Waals surface area (Å²) < 4.78 is 7.05. The van der Waals surface area contributed by atoms with Crippen molar-refractivity contribution < 1.29 is 9.53 Å². The lowest BCUT2D eigenvalue weighted by Gasteiger charge is -2.43. The number of benzene rings is 1. The third-order valence-corrected chi connectivity index (χ3v) is 6.32. The Bertz CT molecular complexity index is 1150. The van der Waals surface area contributed by atoms with Gasteiger partial charge in [0.25, 0.3) is 11.5 Å². The van der Waals surface area contributed by atoms with Crippen LogP contribution in [0.25, 0.3) is 11.3 Å². The second kappa shape index (κ2) is 8.12. The van der Waals surface area contributed by atoms with Crippen molar-refractivity contribution in [2.24, 2.45) is 5.92 Å². The van der Waals surface area contributed by atoms with E-state index in [1.54, 1.807) is 19.4 Å². The van der Waals surface area contributed by atoms with Gasteiger partial charge in [0.2, 0.25) is 0 Å². The molecular formula is C25H25N3O3. The topological polar surface area (TPSA) is 64.4 Å². The van der Waals surface area contributed by atoms with Gasteiger partial charge in [0.05, 0.1) is 12.3 Å². The molecule has 1 amide bonds. The Balaban J connectivity index is 1.42. The molecule has 0 radical (unpaired) electrons. The number of carbonyl (C=O) groups excluding carboxylic acids is 1. The number of hydrogen-bond donors (Lipinski definition) is 0. The van der Waals surface area contributed by atoms with E-state index in [2.05, 4.69) is 11.1 Å². The lowest BCUT2D eigenvalue weighted by molar-refractivity contribution is 0.0594. The molecule has 6 nitrogen and oxygen atoms in total. The van der Waals surface area contributed by atoms with E-state index < -0.39 is 0 Å². The van der Waals surface area contributed by atoms with E-state index in [9.17, 15) is 9.59 Å². The minimum Gasteiger partial charge on any atom is -0.380 e. The first-order valence-corrected chi connectivity index (χ1v) is 10.7. The fourth-order valence-corrected chi connectivity index (χ4v) is 4.90. The fraction of sp³-hybridized carbons (Fsp3) is 0.320. The zero-order valence-corrected chi connectivity index (χ0v) is 17.5. The second-order valence-corrected chi connectivity index (χ2v) is 8.47. The van der Waals surface area contributed by atoms with Crippen LogP contribution >= 0.6 is 0 Å². The Morgan fingerprint density at radius 1 is 1.10 bits per heavy atom. The smallest absolute Gasteiger partial charge is 0.253 e. The summed E-state index contributed by atoms with van der Waals surface area (Å²) in [6.07, 6.45) is 2.74. The van der Waals surface area contributed by atoms with Crippen molar-refractivity contribution >= 4 is 5.91 Å². The molecule has 0 N–H and O–H groups in total. The molecule has 158 valence electrons. The maximum atomic E-state index is 13.2. The van der Waals surface area contributed by atoms with Crippen molar-refractivity contribution in [1.82, 2.24) is 14.5 Å². The summed E-state index contributed by atoms with van der Waals surface area (Å²) in [7, 11) is 1.66. The molecule has 2 atom stereocenters. The molecule has 2 aliphatic rings. The largest absolute Gasteiger partial charge is 0.380 e. The lowest BCUT2D eigenvalue weighted by Crippen LogP contribution is -2.49. The number of fused-ring (bicyclic) bond motifs is 4. The van der Waals surface area contributed by atoms with E-state index in [1.165, 1.54) is 0 Å². The third kappa shape index (κ3) is 3.79. The van der Waals surface area contributed by atoms with Gasteiger partial charge in [-0.3, -0.25) is 14.6 Å². The number of rotatable bonds is 4. The minimum atomic E-state index is 0.0151. The van der Waals surface area contributed by atoms with Crippen LogP contribution in [-0.4, -0.2) is 40.6 Å². The number of amides is 1.